The Hall–Kier alpha value is -1.27. The minimum atomic E-state index is 0.0561. The van der Waals surface area contributed by atoms with Crippen LogP contribution in [0.4, 0.5) is 0 Å². The molecule has 3 heteroatoms. The zero-order valence-corrected chi connectivity index (χ0v) is 9.51. The summed E-state index contributed by atoms with van der Waals surface area (Å²) in [6, 6.07) is 8.86. The van der Waals surface area contributed by atoms with Crippen molar-refractivity contribution < 1.29 is 4.79 Å². The van der Waals surface area contributed by atoms with Gasteiger partial charge in [-0.05, 0) is 18.6 Å². The molecule has 0 atom stereocenters. The average molecular weight is 219 g/mol. The lowest BCUT2D eigenvalue weighted by molar-refractivity contribution is 0.108. The predicted octanol–water partition coefficient (Wildman–Crippen LogP) is 3.23. The van der Waals surface area contributed by atoms with Crippen LogP contribution in [-0.4, -0.2) is 10.9 Å². The van der Waals surface area contributed by atoms with Gasteiger partial charge in [0.25, 0.3) is 0 Å². The largest absolute Gasteiger partial charge is 0.282 e. The number of nitriles is 1. The Balaban J connectivity index is 2.62. The molecule has 0 radical (unpaired) electrons. The van der Waals surface area contributed by atoms with E-state index in [0.29, 0.717) is 11.1 Å². The van der Waals surface area contributed by atoms with Crippen LogP contribution in [0.25, 0.3) is 0 Å². The van der Waals surface area contributed by atoms with Gasteiger partial charge in [0.1, 0.15) is 0 Å². The molecule has 0 aliphatic heterocycles. The van der Waals surface area contributed by atoms with E-state index in [1.165, 1.54) is 11.8 Å². The molecule has 0 N–H and O–H groups in total. The van der Waals surface area contributed by atoms with Crippen molar-refractivity contribution >= 4 is 16.9 Å². The number of benzene rings is 1. The van der Waals surface area contributed by atoms with Crippen molar-refractivity contribution in [2.45, 2.75) is 19.8 Å². The summed E-state index contributed by atoms with van der Waals surface area (Å²) in [6.07, 6.45) is 2.15. The van der Waals surface area contributed by atoms with Crippen LogP contribution in [-0.2, 0) is 0 Å². The van der Waals surface area contributed by atoms with E-state index in [9.17, 15) is 4.79 Å². The highest BCUT2D eigenvalue weighted by Crippen LogP contribution is 2.15. The van der Waals surface area contributed by atoms with E-state index in [2.05, 4.69) is 6.92 Å². The predicted molar refractivity (Wildman–Crippen MR) is 62.9 cm³/mol. The second-order valence-electron chi connectivity index (χ2n) is 3.18. The molecule has 0 heterocycles. The smallest absolute Gasteiger partial charge is 0.219 e. The van der Waals surface area contributed by atoms with Gasteiger partial charge < -0.3 is 0 Å². The lowest BCUT2D eigenvalue weighted by atomic mass is 10.1. The van der Waals surface area contributed by atoms with E-state index in [1.54, 1.807) is 24.3 Å². The van der Waals surface area contributed by atoms with E-state index in [0.717, 1.165) is 18.6 Å². The standard InChI is InChI=1S/C12H13NOS/c1-2-3-7-15-12(14)11-6-4-5-10(8-11)9-13/h4-6,8H,2-3,7H2,1H3. The zero-order valence-electron chi connectivity index (χ0n) is 8.69. The van der Waals surface area contributed by atoms with Crippen LogP contribution in [0.1, 0.15) is 35.7 Å². The minimum absolute atomic E-state index is 0.0561. The molecular weight excluding hydrogens is 206 g/mol. The molecule has 0 bridgehead atoms. The Kier molecular flexibility index (Phi) is 4.92. The minimum Gasteiger partial charge on any atom is -0.282 e. The molecule has 0 aliphatic carbocycles. The summed E-state index contributed by atoms with van der Waals surface area (Å²) in [5, 5.41) is 8.75. The Morgan fingerprint density at radius 2 is 2.33 bits per heavy atom. The summed E-state index contributed by atoms with van der Waals surface area (Å²) < 4.78 is 0. The number of nitrogens with zero attached hydrogens (tertiary/aromatic N) is 1. The first kappa shape index (κ1) is 11.8. The van der Waals surface area contributed by atoms with Crippen LogP contribution in [0.5, 0.6) is 0 Å². The van der Waals surface area contributed by atoms with Crippen molar-refractivity contribution in [2.24, 2.45) is 0 Å². The van der Waals surface area contributed by atoms with Crippen molar-refractivity contribution in [3.63, 3.8) is 0 Å². The molecule has 0 saturated carbocycles. The van der Waals surface area contributed by atoms with Gasteiger partial charge in [0, 0.05) is 11.3 Å². The summed E-state index contributed by atoms with van der Waals surface area (Å²) in [6.45, 7) is 2.10. The number of rotatable bonds is 4. The highest BCUT2D eigenvalue weighted by atomic mass is 32.2. The topological polar surface area (TPSA) is 40.9 Å². The fraction of sp³-hybridized carbons (Fsp3) is 0.333. The van der Waals surface area contributed by atoms with Crippen molar-refractivity contribution in [1.29, 1.82) is 5.26 Å². The lowest BCUT2D eigenvalue weighted by Crippen LogP contribution is -1.95. The molecule has 0 spiro atoms. The molecule has 15 heavy (non-hydrogen) atoms. The number of hydrogen-bond acceptors (Lipinski definition) is 3. The van der Waals surface area contributed by atoms with Crippen LogP contribution in [0.3, 0.4) is 0 Å². The molecule has 78 valence electrons. The van der Waals surface area contributed by atoms with E-state index in [4.69, 9.17) is 5.26 Å². The molecule has 0 fully saturated rings. The molecule has 1 rings (SSSR count). The maximum Gasteiger partial charge on any atom is 0.219 e. The molecule has 2 nitrogen and oxygen atoms in total. The Morgan fingerprint density at radius 1 is 1.53 bits per heavy atom. The van der Waals surface area contributed by atoms with Crippen LogP contribution < -0.4 is 0 Å². The molecule has 0 amide bonds. The summed E-state index contributed by atoms with van der Waals surface area (Å²) in [5.41, 5.74) is 1.16. The van der Waals surface area contributed by atoms with Gasteiger partial charge in [-0.15, -0.1) is 0 Å². The van der Waals surface area contributed by atoms with Gasteiger partial charge >= 0.3 is 0 Å². The van der Waals surface area contributed by atoms with Gasteiger partial charge in [-0.3, -0.25) is 4.79 Å². The van der Waals surface area contributed by atoms with Crippen LogP contribution in [0, 0.1) is 11.3 Å². The Bertz CT molecular complexity index is 381. The van der Waals surface area contributed by atoms with Gasteiger partial charge in [0.05, 0.1) is 11.6 Å². The second-order valence-corrected chi connectivity index (χ2v) is 4.25. The van der Waals surface area contributed by atoms with Gasteiger partial charge in [0.15, 0.2) is 0 Å². The number of hydrogen-bond donors (Lipinski definition) is 0. The van der Waals surface area contributed by atoms with Gasteiger partial charge in [0.2, 0.25) is 5.12 Å². The molecule has 1 aromatic carbocycles. The second kappa shape index (κ2) is 6.26. The fourth-order valence-electron chi connectivity index (χ4n) is 1.11. The third-order valence-corrected chi connectivity index (χ3v) is 2.95. The maximum atomic E-state index is 11.6. The quantitative estimate of drug-likeness (QED) is 0.730. The molecule has 0 saturated heterocycles. The first-order valence-corrected chi connectivity index (χ1v) is 5.93. The average Bonchev–Trinajstić information content (AvgIpc) is 2.29. The Morgan fingerprint density at radius 3 is 3.00 bits per heavy atom. The number of unbranched alkanes of at least 4 members (excludes halogenated alkanes) is 1. The number of thioether (sulfide) groups is 1. The molecule has 1 aromatic rings. The van der Waals surface area contributed by atoms with Crippen LogP contribution >= 0.6 is 11.8 Å². The van der Waals surface area contributed by atoms with E-state index in [-0.39, 0.29) is 5.12 Å². The summed E-state index contributed by atoms with van der Waals surface area (Å²) in [5.74, 6) is 0.853. The monoisotopic (exact) mass is 219 g/mol. The zero-order chi connectivity index (χ0) is 11.1. The first-order valence-electron chi connectivity index (χ1n) is 4.95. The number of carbonyl (C=O) groups is 1. The molecule has 0 aliphatic rings. The normalized spacial score (nSPS) is 9.60. The highest BCUT2D eigenvalue weighted by Gasteiger charge is 2.06. The van der Waals surface area contributed by atoms with Crippen molar-refractivity contribution in [3.05, 3.63) is 35.4 Å². The SMILES string of the molecule is CCCCSC(=O)c1cccc(C#N)c1. The summed E-state index contributed by atoms with van der Waals surface area (Å²) in [7, 11) is 0. The first-order chi connectivity index (χ1) is 7.27. The maximum absolute atomic E-state index is 11.6. The number of carbonyl (C=O) groups excluding carboxylic acids is 1. The third kappa shape index (κ3) is 3.77. The highest BCUT2D eigenvalue weighted by molar-refractivity contribution is 8.14. The third-order valence-electron chi connectivity index (χ3n) is 1.96. The van der Waals surface area contributed by atoms with E-state index >= 15 is 0 Å². The van der Waals surface area contributed by atoms with Gasteiger partial charge in [-0.1, -0.05) is 37.2 Å². The van der Waals surface area contributed by atoms with E-state index < -0.39 is 0 Å². The van der Waals surface area contributed by atoms with Crippen molar-refractivity contribution in [1.82, 2.24) is 0 Å². The van der Waals surface area contributed by atoms with E-state index in [1.807, 2.05) is 6.07 Å². The van der Waals surface area contributed by atoms with Crippen LogP contribution in [0.2, 0.25) is 0 Å². The molecule has 0 aromatic heterocycles. The van der Waals surface area contributed by atoms with Crippen molar-refractivity contribution in [2.75, 3.05) is 5.75 Å². The lowest BCUT2D eigenvalue weighted by Gasteiger charge is -2.00. The summed E-state index contributed by atoms with van der Waals surface area (Å²) in [4.78, 5) is 11.6. The fourth-order valence-corrected chi connectivity index (χ4v) is 2.02. The summed E-state index contributed by atoms with van der Waals surface area (Å²) >= 11 is 1.32. The molecule has 0 unspecified atom stereocenters. The Labute approximate surface area is 94.3 Å². The van der Waals surface area contributed by atoms with Gasteiger partial charge in [-0.25, -0.2) is 0 Å². The van der Waals surface area contributed by atoms with Gasteiger partial charge in [-0.2, -0.15) is 5.26 Å². The van der Waals surface area contributed by atoms with Crippen molar-refractivity contribution in [3.8, 4) is 6.07 Å². The van der Waals surface area contributed by atoms with Crippen LogP contribution in [0.15, 0.2) is 24.3 Å². The molecular formula is C12H13NOS.